The van der Waals surface area contributed by atoms with Crippen LogP contribution in [-0.2, 0) is 25.0 Å². The van der Waals surface area contributed by atoms with Crippen molar-refractivity contribution in [3.05, 3.63) is 103 Å². The number of anilines is 1. The number of hydrogen-bond donors (Lipinski definition) is 3. The summed E-state index contributed by atoms with van der Waals surface area (Å²) in [4.78, 5) is 11.7. The van der Waals surface area contributed by atoms with Gasteiger partial charge < -0.3 is 5.11 Å². The summed E-state index contributed by atoms with van der Waals surface area (Å²) in [6, 6.07) is 24.9. The maximum absolute atomic E-state index is 13.0. The highest BCUT2D eigenvalue weighted by Crippen LogP contribution is 2.38. The van der Waals surface area contributed by atoms with Crippen LogP contribution in [-0.4, -0.2) is 48.7 Å². The Morgan fingerprint density at radius 2 is 1.29 bits per heavy atom. The minimum Gasteiger partial charge on any atom is -0.506 e. The van der Waals surface area contributed by atoms with Crippen LogP contribution >= 0.6 is 0 Å². The zero-order valence-corrected chi connectivity index (χ0v) is 26.4. The molecule has 0 fully saturated rings. The molecule has 0 spiro atoms. The largest absolute Gasteiger partial charge is 0.506 e. The van der Waals surface area contributed by atoms with Gasteiger partial charge in [-0.3, -0.25) is 13.9 Å². The number of hydrogen-bond acceptors (Lipinski definition) is 11. The van der Waals surface area contributed by atoms with Crippen molar-refractivity contribution in [3.8, 4) is 16.9 Å². The number of para-hydroxylation sites is 1. The number of aromatic hydroxyl groups is 1. The molecule has 0 saturated heterocycles. The fourth-order valence-corrected chi connectivity index (χ4v) is 6.28. The molecule has 1 heterocycles. The van der Waals surface area contributed by atoms with E-state index in [0.717, 1.165) is 22.5 Å². The molecule has 6 rings (SSSR count). The summed E-state index contributed by atoms with van der Waals surface area (Å²) in [5.41, 5.74) is 0.568. The zero-order chi connectivity index (χ0) is 34.2. The highest BCUT2D eigenvalue weighted by atomic mass is 32.2. The highest BCUT2D eigenvalue weighted by Gasteiger charge is 2.35. The molecule has 48 heavy (non-hydrogen) atoms. The third-order valence-corrected chi connectivity index (χ3v) is 9.09. The van der Waals surface area contributed by atoms with E-state index in [2.05, 4.69) is 25.6 Å². The number of nitrogens with zero attached hydrogens (tertiary/aromatic N) is 6. The van der Waals surface area contributed by atoms with Gasteiger partial charge in [-0.1, -0.05) is 60.7 Å². The lowest BCUT2D eigenvalue weighted by atomic mass is 10.0. The minimum atomic E-state index is -4.90. The lowest BCUT2D eigenvalue weighted by Crippen LogP contribution is -2.29. The minimum absolute atomic E-state index is 0.0783. The first-order chi connectivity index (χ1) is 22.8. The first-order valence-corrected chi connectivity index (χ1v) is 16.9. The molecule has 1 unspecified atom stereocenters. The Morgan fingerprint density at radius 3 is 1.92 bits per heavy atom. The SMILES string of the molecule is CC1=NN(c2ccccc2)C(=O)C1N=Nc1ccc(-c2ccc(N=Nc3c(O)ccc4ccccc34)c(S(=O)(=O)O)c2)cc1S(=O)(=O)O. The average Bonchev–Trinajstić information content (AvgIpc) is 3.35. The van der Waals surface area contributed by atoms with E-state index in [-0.39, 0.29) is 33.9 Å². The average molecular weight is 685 g/mol. The molecule has 1 aliphatic heterocycles. The van der Waals surface area contributed by atoms with E-state index in [4.69, 9.17) is 0 Å². The number of amides is 1. The second-order valence-corrected chi connectivity index (χ2v) is 13.3. The number of carbonyl (C=O) groups is 1. The van der Waals surface area contributed by atoms with Gasteiger partial charge in [-0.15, -0.1) is 10.2 Å². The van der Waals surface area contributed by atoms with Crippen LogP contribution in [0.3, 0.4) is 0 Å². The summed E-state index contributed by atoms with van der Waals surface area (Å²) in [6.45, 7) is 1.57. The summed E-state index contributed by atoms with van der Waals surface area (Å²) in [5.74, 6) is -0.719. The monoisotopic (exact) mass is 684 g/mol. The van der Waals surface area contributed by atoms with Crippen molar-refractivity contribution in [2.24, 2.45) is 25.6 Å². The van der Waals surface area contributed by atoms with E-state index in [1.807, 2.05) is 0 Å². The quantitative estimate of drug-likeness (QED) is 0.114. The number of hydrazone groups is 1. The van der Waals surface area contributed by atoms with Gasteiger partial charge in [-0.05, 0) is 65.9 Å². The Hall–Kier alpha value is -5.68. The number of fused-ring (bicyclic) bond motifs is 1. The lowest BCUT2D eigenvalue weighted by molar-refractivity contribution is -0.117. The summed E-state index contributed by atoms with van der Waals surface area (Å²) < 4.78 is 69.6. The van der Waals surface area contributed by atoms with Gasteiger partial charge in [0.05, 0.1) is 11.4 Å². The number of azo groups is 2. The number of carbonyl (C=O) groups excluding carboxylic acids is 1. The Bertz CT molecular complexity index is 2410. The van der Waals surface area contributed by atoms with Gasteiger partial charge in [0.25, 0.3) is 26.1 Å². The standard InChI is InChI=1S/C32H24N6O8S2/c1-19-30(32(40)38(37-19)23-8-3-2-4-9-23)35-33-25-14-11-21(17-28(25)47(41,42)43)22-12-15-26(29(18-22)48(44,45)46)34-36-31-24-10-6-5-7-20(24)13-16-27(31)39/h2-18,30,39H,1H3,(H,41,42,43)(H,44,45,46). The van der Waals surface area contributed by atoms with Gasteiger partial charge in [0.1, 0.15) is 32.6 Å². The molecule has 16 heteroatoms. The topological polar surface area (TPSA) is 211 Å². The van der Waals surface area contributed by atoms with Crippen LogP contribution in [0.5, 0.6) is 5.75 Å². The van der Waals surface area contributed by atoms with E-state index in [0.29, 0.717) is 16.8 Å². The third-order valence-electron chi connectivity index (χ3n) is 7.32. The zero-order valence-electron chi connectivity index (χ0n) is 24.8. The third kappa shape index (κ3) is 6.45. The predicted octanol–water partition coefficient (Wildman–Crippen LogP) is 7.00. The Labute approximate surface area is 273 Å². The molecule has 14 nitrogen and oxygen atoms in total. The Kier molecular flexibility index (Phi) is 8.40. The van der Waals surface area contributed by atoms with Crippen molar-refractivity contribution >= 4 is 65.4 Å². The molecule has 3 N–H and O–H groups in total. The van der Waals surface area contributed by atoms with Crippen molar-refractivity contribution in [3.63, 3.8) is 0 Å². The van der Waals surface area contributed by atoms with Gasteiger partial charge in [0, 0.05) is 5.39 Å². The molecule has 5 aromatic carbocycles. The van der Waals surface area contributed by atoms with Crippen molar-refractivity contribution in [1.82, 2.24) is 0 Å². The molecule has 0 aliphatic carbocycles. The first-order valence-electron chi connectivity index (χ1n) is 14.0. The second kappa shape index (κ2) is 12.5. The maximum atomic E-state index is 13.0. The molecule has 1 atom stereocenters. The van der Waals surface area contributed by atoms with E-state index in [1.54, 1.807) is 67.6 Å². The number of phenols is 1. The second-order valence-electron chi connectivity index (χ2n) is 10.5. The smallest absolute Gasteiger partial charge is 0.296 e. The van der Waals surface area contributed by atoms with Gasteiger partial charge in [0.15, 0.2) is 6.04 Å². The van der Waals surface area contributed by atoms with Gasteiger partial charge in [-0.25, -0.2) is 0 Å². The molecule has 0 aromatic heterocycles. The van der Waals surface area contributed by atoms with Gasteiger partial charge in [-0.2, -0.15) is 37.2 Å². The Morgan fingerprint density at radius 1 is 0.708 bits per heavy atom. The van der Waals surface area contributed by atoms with Crippen LogP contribution in [0.1, 0.15) is 6.92 Å². The van der Waals surface area contributed by atoms with Crippen molar-refractivity contribution in [2.45, 2.75) is 22.8 Å². The van der Waals surface area contributed by atoms with E-state index >= 15 is 0 Å². The maximum Gasteiger partial charge on any atom is 0.296 e. The number of phenolic OH excluding ortho intramolecular Hbond substituents is 1. The normalized spacial score (nSPS) is 15.6. The summed E-state index contributed by atoms with van der Waals surface area (Å²) in [7, 11) is -9.79. The van der Waals surface area contributed by atoms with E-state index < -0.39 is 42.0 Å². The van der Waals surface area contributed by atoms with Crippen LogP contribution in [0.15, 0.2) is 138 Å². The molecular formula is C32H24N6O8S2. The molecule has 5 aromatic rings. The fourth-order valence-electron chi connectivity index (χ4n) is 4.98. The molecule has 0 radical (unpaired) electrons. The van der Waals surface area contributed by atoms with Crippen LogP contribution in [0.2, 0.25) is 0 Å². The van der Waals surface area contributed by atoms with Crippen LogP contribution in [0.25, 0.3) is 21.9 Å². The van der Waals surface area contributed by atoms with Crippen molar-refractivity contribution in [2.75, 3.05) is 5.01 Å². The number of benzene rings is 5. The van der Waals surface area contributed by atoms with E-state index in [1.165, 1.54) is 30.3 Å². The van der Waals surface area contributed by atoms with E-state index in [9.17, 15) is 35.8 Å². The van der Waals surface area contributed by atoms with Gasteiger partial charge >= 0.3 is 0 Å². The Balaban J connectivity index is 1.34. The lowest BCUT2D eigenvalue weighted by Gasteiger charge is -2.12. The molecule has 0 saturated carbocycles. The van der Waals surface area contributed by atoms with Crippen LogP contribution in [0, 0.1) is 0 Å². The summed E-state index contributed by atoms with van der Waals surface area (Å²) >= 11 is 0. The number of rotatable bonds is 8. The molecule has 0 bridgehead atoms. The summed E-state index contributed by atoms with van der Waals surface area (Å²) in [6.07, 6.45) is 0. The summed E-state index contributed by atoms with van der Waals surface area (Å²) in [5, 5.41) is 33.1. The van der Waals surface area contributed by atoms with Crippen LogP contribution < -0.4 is 5.01 Å². The van der Waals surface area contributed by atoms with Crippen molar-refractivity contribution in [1.29, 1.82) is 0 Å². The molecule has 242 valence electrons. The van der Waals surface area contributed by atoms with Crippen LogP contribution in [0.4, 0.5) is 22.7 Å². The van der Waals surface area contributed by atoms with Crippen molar-refractivity contribution < 1.29 is 35.8 Å². The first kappa shape index (κ1) is 32.3. The fraction of sp³-hybridized carbons (Fsp3) is 0.0625. The van der Waals surface area contributed by atoms with Gasteiger partial charge in [0.2, 0.25) is 0 Å². The molecular weight excluding hydrogens is 661 g/mol. The highest BCUT2D eigenvalue weighted by molar-refractivity contribution is 7.86. The molecule has 1 aliphatic rings. The predicted molar refractivity (Wildman–Crippen MR) is 177 cm³/mol. The molecule has 1 amide bonds.